The van der Waals surface area contributed by atoms with Crippen molar-refractivity contribution in [1.82, 2.24) is 14.6 Å². The highest BCUT2D eigenvalue weighted by atomic mass is 32.1. The molecule has 0 radical (unpaired) electrons. The molecule has 6 heteroatoms. The highest BCUT2D eigenvalue weighted by Crippen LogP contribution is 2.25. The van der Waals surface area contributed by atoms with Gasteiger partial charge in [0.05, 0.1) is 12.5 Å². The summed E-state index contributed by atoms with van der Waals surface area (Å²) in [6.07, 6.45) is 3.30. The second-order valence-corrected chi connectivity index (χ2v) is 3.73. The van der Waals surface area contributed by atoms with E-state index in [2.05, 4.69) is 10.1 Å². The lowest BCUT2D eigenvalue weighted by Crippen LogP contribution is -1.83. The minimum atomic E-state index is 0.481. The molecule has 0 aromatic carbocycles. The largest absolute Gasteiger partial charge is 0.462 e. The highest BCUT2D eigenvalue weighted by Gasteiger charge is 2.09. The number of nitrogens with two attached hydrogens (primary N) is 1. The minimum Gasteiger partial charge on any atom is -0.462 e. The van der Waals surface area contributed by atoms with Gasteiger partial charge in [0.1, 0.15) is 5.82 Å². The van der Waals surface area contributed by atoms with Crippen LogP contribution >= 0.6 is 11.3 Å². The SMILES string of the molecule is Nc1cn2nc(-c3ccco3)sc2n1. The summed E-state index contributed by atoms with van der Waals surface area (Å²) in [5.41, 5.74) is 5.52. The number of imidazole rings is 1. The molecule has 0 aliphatic heterocycles. The second-order valence-electron chi connectivity index (χ2n) is 2.78. The summed E-state index contributed by atoms with van der Waals surface area (Å²) < 4.78 is 6.87. The Hall–Kier alpha value is -1.82. The number of fused-ring (bicyclic) bond motifs is 1. The summed E-state index contributed by atoms with van der Waals surface area (Å²) in [5, 5.41) is 5.08. The van der Waals surface area contributed by atoms with Crippen molar-refractivity contribution < 1.29 is 4.42 Å². The van der Waals surface area contributed by atoms with Gasteiger partial charge in [-0.1, -0.05) is 11.3 Å². The van der Waals surface area contributed by atoms with E-state index < -0.39 is 0 Å². The molecular weight excluding hydrogens is 200 g/mol. The van der Waals surface area contributed by atoms with Crippen molar-refractivity contribution in [3.05, 3.63) is 24.6 Å². The monoisotopic (exact) mass is 206 g/mol. The Morgan fingerprint density at radius 2 is 2.43 bits per heavy atom. The predicted octanol–water partition coefficient (Wildman–Crippen LogP) is 1.63. The standard InChI is InChI=1S/C8H6N4OS/c9-6-4-12-8(10-6)14-7(11-12)5-2-1-3-13-5/h1-4H,9H2. The van der Waals surface area contributed by atoms with E-state index in [4.69, 9.17) is 10.2 Å². The number of nitrogen functional groups attached to an aromatic ring is 1. The average Bonchev–Trinajstić information content (AvgIpc) is 2.74. The molecule has 70 valence electrons. The van der Waals surface area contributed by atoms with Crippen molar-refractivity contribution in [3.8, 4) is 10.8 Å². The van der Waals surface area contributed by atoms with Crippen LogP contribution in [0.5, 0.6) is 0 Å². The molecule has 2 N–H and O–H groups in total. The van der Waals surface area contributed by atoms with Crippen molar-refractivity contribution in [2.75, 3.05) is 5.73 Å². The van der Waals surface area contributed by atoms with Gasteiger partial charge in [0.2, 0.25) is 4.96 Å². The summed E-state index contributed by atoms with van der Waals surface area (Å²) in [5.74, 6) is 1.23. The lowest BCUT2D eigenvalue weighted by atomic mass is 10.5. The van der Waals surface area contributed by atoms with Gasteiger partial charge < -0.3 is 10.2 Å². The van der Waals surface area contributed by atoms with Gasteiger partial charge in [0.15, 0.2) is 10.8 Å². The number of hydrogen-bond donors (Lipinski definition) is 1. The van der Waals surface area contributed by atoms with Crippen LogP contribution in [0.15, 0.2) is 29.0 Å². The maximum atomic E-state index is 5.52. The van der Waals surface area contributed by atoms with Gasteiger partial charge in [0, 0.05) is 0 Å². The van der Waals surface area contributed by atoms with Gasteiger partial charge in [-0.25, -0.2) is 9.50 Å². The van der Waals surface area contributed by atoms with Gasteiger partial charge in [-0.3, -0.25) is 0 Å². The molecule has 0 fully saturated rings. The van der Waals surface area contributed by atoms with E-state index >= 15 is 0 Å². The van der Waals surface area contributed by atoms with Crippen molar-refractivity contribution in [3.63, 3.8) is 0 Å². The van der Waals surface area contributed by atoms with Crippen LogP contribution in [0.2, 0.25) is 0 Å². The van der Waals surface area contributed by atoms with Crippen LogP contribution in [0.25, 0.3) is 15.7 Å². The molecule has 5 nitrogen and oxygen atoms in total. The molecule has 0 spiro atoms. The number of nitrogens with zero attached hydrogens (tertiary/aromatic N) is 3. The molecule has 0 aliphatic carbocycles. The Morgan fingerprint density at radius 1 is 1.50 bits per heavy atom. The number of hydrogen-bond acceptors (Lipinski definition) is 5. The molecule has 3 aromatic rings. The van der Waals surface area contributed by atoms with Gasteiger partial charge in [-0.15, -0.1) is 0 Å². The number of aromatic nitrogens is 3. The first-order chi connectivity index (χ1) is 6.83. The Kier molecular flexibility index (Phi) is 1.40. The molecule has 3 rings (SSSR count). The first-order valence-corrected chi connectivity index (χ1v) is 4.80. The third kappa shape index (κ3) is 1.01. The predicted molar refractivity (Wildman–Crippen MR) is 53.0 cm³/mol. The molecule has 0 unspecified atom stereocenters. The van der Waals surface area contributed by atoms with Crippen LogP contribution in [-0.4, -0.2) is 14.6 Å². The maximum Gasteiger partial charge on any atom is 0.214 e. The fraction of sp³-hybridized carbons (Fsp3) is 0. The lowest BCUT2D eigenvalue weighted by Gasteiger charge is -1.84. The van der Waals surface area contributed by atoms with Crippen molar-refractivity contribution in [2.45, 2.75) is 0 Å². The molecule has 0 bridgehead atoms. The summed E-state index contributed by atoms with van der Waals surface area (Å²) in [6, 6.07) is 3.69. The third-order valence-corrected chi connectivity index (χ3v) is 2.73. The molecule has 0 atom stereocenters. The molecule has 0 amide bonds. The Balaban J connectivity index is 2.20. The number of furan rings is 1. The normalized spacial score (nSPS) is 11.1. The van der Waals surface area contributed by atoms with E-state index in [-0.39, 0.29) is 0 Å². The van der Waals surface area contributed by atoms with Crippen LogP contribution in [-0.2, 0) is 0 Å². The van der Waals surface area contributed by atoms with Gasteiger partial charge >= 0.3 is 0 Å². The summed E-state index contributed by atoms with van der Waals surface area (Å²) in [7, 11) is 0. The molecule has 3 aromatic heterocycles. The molecule has 3 heterocycles. The van der Waals surface area contributed by atoms with Gasteiger partial charge in [-0.05, 0) is 12.1 Å². The smallest absolute Gasteiger partial charge is 0.214 e. The van der Waals surface area contributed by atoms with Crippen molar-refractivity contribution in [2.24, 2.45) is 0 Å². The van der Waals surface area contributed by atoms with E-state index in [1.807, 2.05) is 12.1 Å². The molecule has 0 aliphatic rings. The van der Waals surface area contributed by atoms with Crippen LogP contribution in [0.1, 0.15) is 0 Å². The van der Waals surface area contributed by atoms with Gasteiger partial charge in [-0.2, -0.15) is 5.10 Å². The second kappa shape index (κ2) is 2.58. The zero-order valence-electron chi connectivity index (χ0n) is 7.04. The van der Waals surface area contributed by atoms with E-state index in [9.17, 15) is 0 Å². The van der Waals surface area contributed by atoms with Crippen molar-refractivity contribution in [1.29, 1.82) is 0 Å². The van der Waals surface area contributed by atoms with Gasteiger partial charge in [0.25, 0.3) is 0 Å². The zero-order chi connectivity index (χ0) is 9.54. The maximum absolute atomic E-state index is 5.52. The number of rotatable bonds is 1. The fourth-order valence-corrected chi connectivity index (χ4v) is 2.07. The van der Waals surface area contributed by atoms with Crippen LogP contribution in [0.3, 0.4) is 0 Å². The number of anilines is 1. The first-order valence-electron chi connectivity index (χ1n) is 3.98. The molecular formula is C8H6N4OS. The van der Waals surface area contributed by atoms with Crippen molar-refractivity contribution >= 4 is 22.1 Å². The fourth-order valence-electron chi connectivity index (χ4n) is 1.22. The highest BCUT2D eigenvalue weighted by molar-refractivity contribution is 7.19. The topological polar surface area (TPSA) is 69.3 Å². The summed E-state index contributed by atoms with van der Waals surface area (Å²) in [4.78, 5) is 4.87. The van der Waals surface area contributed by atoms with E-state index in [1.54, 1.807) is 17.0 Å². The lowest BCUT2D eigenvalue weighted by molar-refractivity contribution is 0.580. The quantitative estimate of drug-likeness (QED) is 0.657. The minimum absolute atomic E-state index is 0.481. The summed E-state index contributed by atoms with van der Waals surface area (Å²) in [6.45, 7) is 0. The molecule has 0 saturated heterocycles. The van der Waals surface area contributed by atoms with Crippen LogP contribution in [0.4, 0.5) is 5.82 Å². The average molecular weight is 206 g/mol. The molecule has 0 saturated carbocycles. The summed E-state index contributed by atoms with van der Waals surface area (Å²) >= 11 is 1.44. The van der Waals surface area contributed by atoms with E-state index in [0.717, 1.165) is 15.7 Å². The van der Waals surface area contributed by atoms with Crippen LogP contribution < -0.4 is 5.73 Å². The molecule has 14 heavy (non-hydrogen) atoms. The third-order valence-electron chi connectivity index (χ3n) is 1.79. The Labute approximate surface area is 82.8 Å². The van der Waals surface area contributed by atoms with Crippen LogP contribution in [0, 0.1) is 0 Å². The first kappa shape index (κ1) is 7.57. The Bertz CT molecular complexity index is 534. The van der Waals surface area contributed by atoms with E-state index in [0.29, 0.717) is 5.82 Å². The van der Waals surface area contributed by atoms with E-state index in [1.165, 1.54) is 11.3 Å². The zero-order valence-corrected chi connectivity index (χ0v) is 7.86. The Morgan fingerprint density at radius 3 is 3.14 bits per heavy atom.